The van der Waals surface area contributed by atoms with Crippen LogP contribution in [0.5, 0.6) is 5.75 Å². The second kappa shape index (κ2) is 7.70. The molecule has 0 atom stereocenters. The van der Waals surface area contributed by atoms with Crippen LogP contribution in [0.2, 0.25) is 5.02 Å². The van der Waals surface area contributed by atoms with Gasteiger partial charge in [-0.2, -0.15) is 0 Å². The number of esters is 1. The number of benzene rings is 2. The fourth-order valence-corrected chi connectivity index (χ4v) is 3.28. The van der Waals surface area contributed by atoms with Gasteiger partial charge >= 0.3 is 5.97 Å². The molecule has 3 rings (SSSR count). The fourth-order valence-electron chi connectivity index (χ4n) is 3.02. The van der Waals surface area contributed by atoms with Crippen molar-refractivity contribution in [3.8, 4) is 5.75 Å². The highest BCUT2D eigenvalue weighted by molar-refractivity contribution is 6.32. The lowest BCUT2D eigenvalue weighted by molar-refractivity contribution is -0.141. The van der Waals surface area contributed by atoms with Gasteiger partial charge in [-0.05, 0) is 54.2 Å². The third kappa shape index (κ3) is 4.20. The Bertz CT molecular complexity index is 813. The van der Waals surface area contributed by atoms with Crippen LogP contribution in [0.4, 0.5) is 0 Å². The summed E-state index contributed by atoms with van der Waals surface area (Å²) in [5.74, 6) is -0.218. The zero-order valence-corrected chi connectivity index (χ0v) is 14.8. The first-order valence-corrected chi connectivity index (χ1v) is 8.57. The topological polar surface area (TPSA) is 52.6 Å². The molecule has 0 unspecified atom stereocenters. The minimum Gasteiger partial charge on any atom is -0.495 e. The molecule has 0 N–H and O–H groups in total. The molecule has 0 heterocycles. The zero-order valence-electron chi connectivity index (χ0n) is 14.0. The average molecular weight is 359 g/mol. The lowest BCUT2D eigenvalue weighted by atomic mass is 10.0. The Morgan fingerprint density at radius 3 is 2.64 bits per heavy atom. The molecule has 2 aromatic rings. The molecule has 0 fully saturated rings. The van der Waals surface area contributed by atoms with Crippen molar-refractivity contribution in [1.82, 2.24) is 0 Å². The third-order valence-corrected chi connectivity index (χ3v) is 4.64. The molecule has 130 valence electrons. The first-order valence-electron chi connectivity index (χ1n) is 8.20. The number of halogens is 1. The summed E-state index contributed by atoms with van der Waals surface area (Å²) < 4.78 is 10.2. The minimum absolute atomic E-state index is 0.171. The second-order valence-corrected chi connectivity index (χ2v) is 6.47. The molecule has 0 bridgehead atoms. The van der Waals surface area contributed by atoms with Gasteiger partial charge in [-0.15, -0.1) is 0 Å². The number of carbonyl (C=O) groups excluding carboxylic acids is 2. The van der Waals surface area contributed by atoms with Gasteiger partial charge in [0.15, 0.2) is 12.4 Å². The van der Waals surface area contributed by atoms with Gasteiger partial charge in [0.1, 0.15) is 5.75 Å². The Labute approximate surface area is 151 Å². The molecule has 0 aromatic heterocycles. The normalized spacial score (nSPS) is 12.6. The van der Waals surface area contributed by atoms with Crippen LogP contribution >= 0.6 is 11.6 Å². The van der Waals surface area contributed by atoms with Crippen LogP contribution in [-0.2, 0) is 28.8 Å². The van der Waals surface area contributed by atoms with Gasteiger partial charge in [0, 0.05) is 5.56 Å². The maximum Gasteiger partial charge on any atom is 0.310 e. The maximum absolute atomic E-state index is 12.1. The first-order chi connectivity index (χ1) is 12.1. The van der Waals surface area contributed by atoms with Gasteiger partial charge < -0.3 is 9.47 Å². The predicted octanol–water partition coefficient (Wildman–Crippen LogP) is 3.81. The molecular weight excluding hydrogens is 340 g/mol. The Hall–Kier alpha value is -2.33. The molecule has 0 amide bonds. The minimum atomic E-state index is -0.411. The highest BCUT2D eigenvalue weighted by atomic mass is 35.5. The van der Waals surface area contributed by atoms with E-state index < -0.39 is 5.97 Å². The van der Waals surface area contributed by atoms with Gasteiger partial charge in [-0.25, -0.2) is 0 Å². The molecule has 0 saturated carbocycles. The summed E-state index contributed by atoms with van der Waals surface area (Å²) in [6.07, 6.45) is 3.51. The van der Waals surface area contributed by atoms with E-state index in [4.69, 9.17) is 21.1 Å². The van der Waals surface area contributed by atoms with Crippen molar-refractivity contribution >= 4 is 23.4 Å². The van der Waals surface area contributed by atoms with Crippen molar-refractivity contribution < 1.29 is 19.1 Å². The summed E-state index contributed by atoms with van der Waals surface area (Å²) in [6.45, 7) is -0.299. The monoisotopic (exact) mass is 358 g/mol. The van der Waals surface area contributed by atoms with E-state index in [0.29, 0.717) is 16.3 Å². The number of hydrogen-bond acceptors (Lipinski definition) is 4. The van der Waals surface area contributed by atoms with Gasteiger partial charge in [-0.3, -0.25) is 9.59 Å². The fraction of sp³-hybridized carbons (Fsp3) is 0.300. The largest absolute Gasteiger partial charge is 0.495 e. The summed E-state index contributed by atoms with van der Waals surface area (Å²) in [5, 5.41) is 0.345. The summed E-state index contributed by atoms with van der Waals surface area (Å²) >= 11 is 6.01. The average Bonchev–Trinajstić information content (AvgIpc) is 3.07. The highest BCUT2D eigenvalue weighted by Crippen LogP contribution is 2.25. The smallest absolute Gasteiger partial charge is 0.310 e. The van der Waals surface area contributed by atoms with E-state index in [9.17, 15) is 9.59 Å². The quantitative estimate of drug-likeness (QED) is 0.582. The molecule has 1 aliphatic carbocycles. The number of Topliss-reactive ketones (excluding diaryl/α,β-unsaturated/α-hetero) is 1. The summed E-state index contributed by atoms with van der Waals surface area (Å²) in [4.78, 5) is 24.1. The van der Waals surface area contributed by atoms with Crippen molar-refractivity contribution in [3.63, 3.8) is 0 Å². The van der Waals surface area contributed by atoms with Crippen molar-refractivity contribution in [2.45, 2.75) is 25.7 Å². The maximum atomic E-state index is 12.1. The van der Waals surface area contributed by atoms with Gasteiger partial charge in [0.25, 0.3) is 0 Å². The molecular formula is C20H19ClO4. The van der Waals surface area contributed by atoms with Crippen LogP contribution in [0.1, 0.15) is 33.5 Å². The van der Waals surface area contributed by atoms with Gasteiger partial charge in [-0.1, -0.05) is 29.8 Å². The van der Waals surface area contributed by atoms with Gasteiger partial charge in [0.05, 0.1) is 18.6 Å². The third-order valence-electron chi connectivity index (χ3n) is 4.35. The Morgan fingerprint density at radius 2 is 1.88 bits per heavy atom. The standard InChI is InChI=1S/C20H19ClO4/c1-24-19-8-7-16(11-17(19)21)18(22)12-25-20(23)10-13-5-6-14-3-2-4-15(14)9-13/h5-9,11H,2-4,10,12H2,1H3. The highest BCUT2D eigenvalue weighted by Gasteiger charge is 2.15. The molecule has 4 nitrogen and oxygen atoms in total. The number of aryl methyl sites for hydroxylation is 2. The summed E-state index contributed by atoms with van der Waals surface area (Å²) in [5.41, 5.74) is 3.99. The van der Waals surface area contributed by atoms with E-state index in [2.05, 4.69) is 12.1 Å². The van der Waals surface area contributed by atoms with E-state index in [1.54, 1.807) is 12.1 Å². The molecule has 0 saturated heterocycles. The molecule has 25 heavy (non-hydrogen) atoms. The molecule has 0 radical (unpaired) electrons. The molecule has 0 aliphatic heterocycles. The number of rotatable bonds is 6. The lowest BCUT2D eigenvalue weighted by Gasteiger charge is -2.08. The van der Waals surface area contributed by atoms with Crippen molar-refractivity contribution in [2.75, 3.05) is 13.7 Å². The number of methoxy groups -OCH3 is 1. The number of hydrogen-bond donors (Lipinski definition) is 0. The van der Waals surface area contributed by atoms with E-state index in [1.165, 1.54) is 30.7 Å². The van der Waals surface area contributed by atoms with Crippen molar-refractivity contribution in [1.29, 1.82) is 0 Å². The van der Waals surface area contributed by atoms with Gasteiger partial charge in [0.2, 0.25) is 0 Å². The van der Waals surface area contributed by atoms with Crippen LogP contribution in [-0.4, -0.2) is 25.5 Å². The van der Waals surface area contributed by atoms with Crippen LogP contribution in [0.3, 0.4) is 0 Å². The molecule has 2 aromatic carbocycles. The van der Waals surface area contributed by atoms with Crippen LogP contribution in [0.25, 0.3) is 0 Å². The van der Waals surface area contributed by atoms with Crippen LogP contribution in [0, 0.1) is 0 Å². The van der Waals surface area contributed by atoms with E-state index in [-0.39, 0.29) is 18.8 Å². The van der Waals surface area contributed by atoms with E-state index >= 15 is 0 Å². The van der Waals surface area contributed by atoms with Crippen LogP contribution in [0.15, 0.2) is 36.4 Å². The second-order valence-electron chi connectivity index (χ2n) is 6.07. The van der Waals surface area contributed by atoms with E-state index in [1.807, 2.05) is 6.07 Å². The zero-order chi connectivity index (χ0) is 17.8. The Kier molecular flexibility index (Phi) is 5.39. The molecule has 1 aliphatic rings. The predicted molar refractivity (Wildman–Crippen MR) is 95.5 cm³/mol. The first kappa shape index (κ1) is 17.5. The van der Waals surface area contributed by atoms with E-state index in [0.717, 1.165) is 18.4 Å². The summed E-state index contributed by atoms with van der Waals surface area (Å²) in [7, 11) is 1.50. The number of ether oxygens (including phenoxy) is 2. The lowest BCUT2D eigenvalue weighted by Crippen LogP contribution is -2.15. The molecule has 5 heteroatoms. The Balaban J connectivity index is 1.55. The SMILES string of the molecule is COc1ccc(C(=O)COC(=O)Cc2ccc3c(c2)CCC3)cc1Cl. The number of ketones is 1. The van der Waals surface area contributed by atoms with Crippen molar-refractivity contribution in [2.24, 2.45) is 0 Å². The molecule has 0 spiro atoms. The number of fused-ring (bicyclic) bond motifs is 1. The Morgan fingerprint density at radius 1 is 1.08 bits per heavy atom. The number of carbonyl (C=O) groups is 2. The summed E-state index contributed by atoms with van der Waals surface area (Å²) in [6, 6.07) is 10.8. The van der Waals surface area contributed by atoms with Crippen molar-refractivity contribution in [3.05, 3.63) is 63.7 Å². The van der Waals surface area contributed by atoms with Crippen LogP contribution < -0.4 is 4.74 Å².